The second kappa shape index (κ2) is 7.74. The summed E-state index contributed by atoms with van der Waals surface area (Å²) in [6, 6.07) is 8.68. The molecule has 1 aliphatic carbocycles. The number of methoxy groups -OCH3 is 1. The minimum atomic E-state index is -1.28. The predicted octanol–water partition coefficient (Wildman–Crippen LogP) is 2.49. The van der Waals surface area contributed by atoms with Crippen LogP contribution in [0.15, 0.2) is 46.1 Å². The molecule has 0 radical (unpaired) electrons. The number of alkyl halides is 1. The minimum Gasteiger partial charge on any atom is -0.492 e. The molecule has 0 spiro atoms. The van der Waals surface area contributed by atoms with Crippen molar-refractivity contribution in [2.24, 2.45) is 11.7 Å². The first-order valence-electron chi connectivity index (χ1n) is 10.6. The van der Waals surface area contributed by atoms with E-state index in [2.05, 4.69) is 4.98 Å². The van der Waals surface area contributed by atoms with E-state index >= 15 is 8.78 Å². The van der Waals surface area contributed by atoms with Crippen molar-refractivity contribution in [2.45, 2.75) is 31.0 Å². The van der Waals surface area contributed by atoms with Crippen LogP contribution in [-0.4, -0.2) is 35.8 Å². The Hall–Kier alpha value is -3.20. The SMILES string of the molecule is COc1c(N2CC(F)C(C(N)c3ccccc3)C2)c(F)cn2c(=O)[nH]c(=O)c(C3CC3)c12. The van der Waals surface area contributed by atoms with Gasteiger partial charge in [0.25, 0.3) is 5.56 Å². The number of hydrogen-bond acceptors (Lipinski definition) is 5. The number of nitrogens with one attached hydrogen (secondary N) is 1. The smallest absolute Gasteiger partial charge is 0.333 e. The number of nitrogens with zero attached hydrogens (tertiary/aromatic N) is 2. The molecule has 3 aromatic rings. The predicted molar refractivity (Wildman–Crippen MR) is 117 cm³/mol. The number of pyridine rings is 1. The number of hydrogen-bond donors (Lipinski definition) is 2. The van der Waals surface area contributed by atoms with E-state index in [0.29, 0.717) is 5.56 Å². The zero-order chi connectivity index (χ0) is 22.6. The first-order chi connectivity index (χ1) is 15.4. The van der Waals surface area contributed by atoms with Crippen molar-refractivity contribution in [3.63, 3.8) is 0 Å². The van der Waals surface area contributed by atoms with Crippen molar-refractivity contribution in [1.82, 2.24) is 9.38 Å². The van der Waals surface area contributed by atoms with Gasteiger partial charge >= 0.3 is 5.69 Å². The third kappa shape index (κ3) is 3.28. The summed E-state index contributed by atoms with van der Waals surface area (Å²) in [6.45, 7) is 0.105. The van der Waals surface area contributed by atoms with Crippen molar-refractivity contribution in [1.29, 1.82) is 0 Å². The number of ether oxygens (including phenoxy) is 1. The topological polar surface area (TPSA) is 92.8 Å². The lowest BCUT2D eigenvalue weighted by Gasteiger charge is -2.25. The largest absolute Gasteiger partial charge is 0.492 e. The van der Waals surface area contributed by atoms with E-state index in [1.165, 1.54) is 7.11 Å². The highest BCUT2D eigenvalue weighted by Crippen LogP contribution is 2.45. The molecule has 2 aromatic heterocycles. The van der Waals surface area contributed by atoms with E-state index in [1.807, 2.05) is 30.3 Å². The van der Waals surface area contributed by atoms with E-state index in [0.717, 1.165) is 29.0 Å². The molecule has 0 bridgehead atoms. The van der Waals surface area contributed by atoms with Crippen LogP contribution in [0.5, 0.6) is 5.75 Å². The lowest BCUT2D eigenvalue weighted by molar-refractivity contribution is 0.254. The maximum absolute atomic E-state index is 15.3. The first-order valence-corrected chi connectivity index (χ1v) is 10.6. The molecular weight excluding hydrogens is 418 g/mol. The number of aromatic nitrogens is 2. The van der Waals surface area contributed by atoms with Crippen LogP contribution in [0.25, 0.3) is 5.52 Å². The normalized spacial score (nSPS) is 21.8. The third-order valence-corrected chi connectivity index (χ3v) is 6.52. The Kier molecular flexibility index (Phi) is 5.00. The number of halogens is 2. The van der Waals surface area contributed by atoms with E-state index in [4.69, 9.17) is 10.5 Å². The fourth-order valence-corrected chi connectivity index (χ4v) is 4.79. The Bertz CT molecular complexity index is 1290. The van der Waals surface area contributed by atoms with Crippen LogP contribution in [0, 0.1) is 11.7 Å². The number of rotatable bonds is 5. The molecule has 2 fully saturated rings. The Balaban J connectivity index is 1.62. The zero-order valence-corrected chi connectivity index (χ0v) is 17.6. The Morgan fingerprint density at radius 3 is 2.56 bits per heavy atom. The molecule has 1 saturated heterocycles. The van der Waals surface area contributed by atoms with Crippen LogP contribution in [0.4, 0.5) is 14.5 Å². The molecular formula is C23H24F2N4O3. The molecule has 3 unspecified atom stereocenters. The highest BCUT2D eigenvalue weighted by Gasteiger charge is 2.40. The fourth-order valence-electron chi connectivity index (χ4n) is 4.79. The van der Waals surface area contributed by atoms with Gasteiger partial charge in [0.2, 0.25) is 0 Å². The van der Waals surface area contributed by atoms with Gasteiger partial charge in [0.1, 0.15) is 17.4 Å². The second-order valence-electron chi connectivity index (χ2n) is 8.55. The molecule has 9 heteroatoms. The quantitative estimate of drug-likeness (QED) is 0.633. The lowest BCUT2D eigenvalue weighted by Crippen LogP contribution is -2.31. The van der Waals surface area contributed by atoms with E-state index in [1.54, 1.807) is 4.90 Å². The highest BCUT2D eigenvalue weighted by molar-refractivity contribution is 5.78. The summed E-state index contributed by atoms with van der Waals surface area (Å²) in [4.78, 5) is 28.8. The summed E-state index contributed by atoms with van der Waals surface area (Å²) in [5.41, 5.74) is 6.61. The lowest BCUT2D eigenvalue weighted by atomic mass is 9.92. The number of anilines is 1. The van der Waals surface area contributed by atoms with Gasteiger partial charge in [-0.25, -0.2) is 13.6 Å². The van der Waals surface area contributed by atoms with Crippen LogP contribution in [-0.2, 0) is 0 Å². The van der Waals surface area contributed by atoms with Gasteiger partial charge in [-0.15, -0.1) is 0 Å². The van der Waals surface area contributed by atoms with Gasteiger partial charge in [0.15, 0.2) is 11.6 Å². The van der Waals surface area contributed by atoms with Crippen LogP contribution >= 0.6 is 0 Å². The van der Waals surface area contributed by atoms with E-state index in [9.17, 15) is 9.59 Å². The number of H-pyrrole nitrogens is 1. The van der Waals surface area contributed by atoms with E-state index < -0.39 is 35.2 Å². The molecule has 2 aliphatic rings. The van der Waals surface area contributed by atoms with Crippen molar-refractivity contribution in [3.05, 3.63) is 74.3 Å². The summed E-state index contributed by atoms with van der Waals surface area (Å²) >= 11 is 0. The molecule has 1 aliphatic heterocycles. The van der Waals surface area contributed by atoms with Crippen molar-refractivity contribution < 1.29 is 13.5 Å². The van der Waals surface area contributed by atoms with E-state index in [-0.39, 0.29) is 36.0 Å². The molecule has 168 valence electrons. The maximum Gasteiger partial charge on any atom is 0.333 e. The van der Waals surface area contributed by atoms with Crippen molar-refractivity contribution in [2.75, 3.05) is 25.1 Å². The van der Waals surface area contributed by atoms with Crippen molar-refractivity contribution >= 4 is 11.2 Å². The molecule has 5 rings (SSSR count). The second-order valence-corrected chi connectivity index (χ2v) is 8.55. The summed E-state index contributed by atoms with van der Waals surface area (Å²) in [7, 11) is 1.36. The highest BCUT2D eigenvalue weighted by atomic mass is 19.1. The number of aromatic amines is 1. The number of benzene rings is 1. The Morgan fingerprint density at radius 1 is 1.19 bits per heavy atom. The molecule has 3 atom stereocenters. The molecule has 3 heterocycles. The zero-order valence-electron chi connectivity index (χ0n) is 17.6. The van der Waals surface area contributed by atoms with Gasteiger partial charge in [0.05, 0.1) is 13.3 Å². The van der Waals surface area contributed by atoms with Crippen LogP contribution in [0.3, 0.4) is 0 Å². The molecule has 0 amide bonds. The summed E-state index contributed by atoms with van der Waals surface area (Å²) < 4.78 is 37.0. The van der Waals surface area contributed by atoms with Crippen molar-refractivity contribution in [3.8, 4) is 5.75 Å². The molecule has 1 saturated carbocycles. The number of fused-ring (bicyclic) bond motifs is 1. The van der Waals surface area contributed by atoms with Gasteiger partial charge in [-0.1, -0.05) is 30.3 Å². The average molecular weight is 442 g/mol. The van der Waals surface area contributed by atoms with Crippen LogP contribution in [0.1, 0.15) is 35.9 Å². The van der Waals surface area contributed by atoms with Gasteiger partial charge < -0.3 is 15.4 Å². The standard InChI is InChI=1S/C23H24F2N4O3/c1-32-21-19(28-9-14(15(24)10-28)18(26)13-5-3-2-4-6-13)16(25)11-29-20(21)17(12-7-8-12)22(30)27-23(29)31/h2-6,11-12,14-15,18H,7-10,26H2,1H3,(H,27,30,31). The van der Waals surface area contributed by atoms with Crippen LogP contribution in [0.2, 0.25) is 0 Å². The molecule has 1 aromatic carbocycles. The number of nitrogens with two attached hydrogens (primary N) is 1. The van der Waals surface area contributed by atoms with Crippen LogP contribution < -0.4 is 26.6 Å². The third-order valence-electron chi connectivity index (χ3n) is 6.52. The summed E-state index contributed by atoms with van der Waals surface area (Å²) in [5.74, 6) is -1.24. The van der Waals surface area contributed by atoms with Gasteiger partial charge in [0, 0.05) is 30.6 Å². The average Bonchev–Trinajstić information content (AvgIpc) is 3.54. The summed E-state index contributed by atoms with van der Waals surface area (Å²) in [5, 5.41) is 0. The van der Waals surface area contributed by atoms with Gasteiger partial charge in [-0.05, 0) is 24.3 Å². The Labute approximate surface area is 182 Å². The molecule has 32 heavy (non-hydrogen) atoms. The molecule has 7 nitrogen and oxygen atoms in total. The Morgan fingerprint density at radius 2 is 1.91 bits per heavy atom. The monoisotopic (exact) mass is 442 g/mol. The van der Waals surface area contributed by atoms with Gasteiger partial charge in [-0.2, -0.15) is 0 Å². The summed E-state index contributed by atoms with van der Waals surface area (Å²) in [6.07, 6.45) is 1.36. The minimum absolute atomic E-state index is 0.0201. The molecule has 3 N–H and O–H groups in total. The maximum atomic E-state index is 15.3. The fraction of sp³-hybridized carbons (Fsp3) is 0.391. The first kappa shape index (κ1) is 20.7. The van der Waals surface area contributed by atoms with Gasteiger partial charge in [-0.3, -0.25) is 14.2 Å².